The summed E-state index contributed by atoms with van der Waals surface area (Å²) in [7, 11) is 0. The Morgan fingerprint density at radius 1 is 1.09 bits per heavy atom. The van der Waals surface area contributed by atoms with Gasteiger partial charge >= 0.3 is 0 Å². The number of rotatable bonds is 3. The monoisotopic (exact) mass is 487 g/mol. The molecule has 2 amide bonds. The van der Waals surface area contributed by atoms with Gasteiger partial charge in [-0.3, -0.25) is 9.59 Å². The van der Waals surface area contributed by atoms with E-state index in [1.165, 1.54) is 11.3 Å². The number of ether oxygens (including phenoxy) is 1. The molecule has 1 saturated heterocycles. The number of hydrogen-bond acceptors (Lipinski definition) is 4. The molecule has 5 rings (SSSR count). The molecule has 0 aliphatic carbocycles. The topological polar surface area (TPSA) is 61.9 Å². The first-order chi connectivity index (χ1) is 16.9. The summed E-state index contributed by atoms with van der Waals surface area (Å²) in [4.78, 5) is 30.1. The lowest BCUT2D eigenvalue weighted by atomic mass is 10.1. The smallest absolute Gasteiger partial charge is 0.291 e. The lowest BCUT2D eigenvalue weighted by molar-refractivity contribution is -0.115. The van der Waals surface area contributed by atoms with Gasteiger partial charge in [0.1, 0.15) is 0 Å². The van der Waals surface area contributed by atoms with E-state index in [1.54, 1.807) is 36.4 Å². The summed E-state index contributed by atoms with van der Waals surface area (Å²) in [6.07, 6.45) is 1.66. The van der Waals surface area contributed by atoms with Gasteiger partial charge in [0.15, 0.2) is 11.5 Å². The van der Waals surface area contributed by atoms with Gasteiger partial charge in [-0.1, -0.05) is 35.9 Å². The van der Waals surface area contributed by atoms with Crippen molar-refractivity contribution in [3.05, 3.63) is 94.2 Å². The predicted molar refractivity (Wildman–Crippen MR) is 139 cm³/mol. The van der Waals surface area contributed by atoms with E-state index in [1.807, 2.05) is 17.0 Å². The highest BCUT2D eigenvalue weighted by atomic mass is 35.5. The summed E-state index contributed by atoms with van der Waals surface area (Å²) in [6.45, 7) is 6.24. The van der Waals surface area contributed by atoms with Crippen LogP contribution in [-0.4, -0.2) is 42.4 Å². The molecule has 0 aromatic heterocycles. The Balaban J connectivity index is 1.29. The Kier molecular flexibility index (Phi) is 6.22. The average molecular weight is 488 g/mol. The van der Waals surface area contributed by atoms with Crippen molar-refractivity contribution < 1.29 is 14.3 Å². The number of carbonyl (C=O) groups is 2. The zero-order chi connectivity index (χ0) is 24.5. The molecular weight excluding hydrogens is 462 g/mol. The van der Waals surface area contributed by atoms with E-state index in [2.05, 4.69) is 48.3 Å². The Morgan fingerprint density at radius 3 is 2.63 bits per heavy atom. The first-order valence-electron chi connectivity index (χ1n) is 11.6. The van der Waals surface area contributed by atoms with Crippen molar-refractivity contribution in [2.24, 2.45) is 0 Å². The highest BCUT2D eigenvalue weighted by Gasteiger charge is 2.29. The minimum absolute atomic E-state index is 0.0553. The van der Waals surface area contributed by atoms with E-state index in [9.17, 15) is 9.59 Å². The van der Waals surface area contributed by atoms with Crippen LogP contribution in [0.4, 0.5) is 11.4 Å². The molecule has 0 spiro atoms. The van der Waals surface area contributed by atoms with Gasteiger partial charge in [-0.05, 0) is 73.5 Å². The van der Waals surface area contributed by atoms with E-state index >= 15 is 0 Å². The fourth-order valence-electron chi connectivity index (χ4n) is 4.52. The van der Waals surface area contributed by atoms with Crippen molar-refractivity contribution in [2.45, 2.75) is 19.9 Å². The third-order valence-electron chi connectivity index (χ3n) is 6.33. The van der Waals surface area contributed by atoms with Gasteiger partial charge in [-0.2, -0.15) is 0 Å². The molecule has 0 saturated carbocycles. The van der Waals surface area contributed by atoms with Gasteiger partial charge in [0.2, 0.25) is 0 Å². The molecule has 7 heteroatoms. The maximum absolute atomic E-state index is 13.3. The van der Waals surface area contributed by atoms with Crippen LogP contribution in [0, 0.1) is 6.92 Å². The van der Waals surface area contributed by atoms with Crippen LogP contribution < -0.4 is 15.0 Å². The molecule has 1 N–H and O–H groups in total. The normalized spacial score (nSPS) is 18.7. The summed E-state index contributed by atoms with van der Waals surface area (Å²) < 4.78 is 5.83. The Morgan fingerprint density at radius 2 is 1.89 bits per heavy atom. The maximum Gasteiger partial charge on any atom is 0.291 e. The largest absolute Gasteiger partial charge is 0.449 e. The minimum Gasteiger partial charge on any atom is -0.449 e. The fourth-order valence-corrected chi connectivity index (χ4v) is 4.64. The van der Waals surface area contributed by atoms with Crippen LogP contribution in [0.1, 0.15) is 28.4 Å². The zero-order valence-electron chi connectivity index (χ0n) is 19.6. The highest BCUT2D eigenvalue weighted by molar-refractivity contribution is 6.30. The highest BCUT2D eigenvalue weighted by Crippen LogP contribution is 2.33. The summed E-state index contributed by atoms with van der Waals surface area (Å²) in [5.41, 5.74) is 4.21. The van der Waals surface area contributed by atoms with Crippen molar-refractivity contribution in [2.75, 3.05) is 29.9 Å². The molecule has 2 aliphatic rings. The fraction of sp³-hybridized carbons (Fsp3) is 0.214. The summed E-state index contributed by atoms with van der Waals surface area (Å²) in [5, 5.41) is 3.47. The van der Waals surface area contributed by atoms with Gasteiger partial charge in [0.25, 0.3) is 11.8 Å². The molecule has 2 heterocycles. The van der Waals surface area contributed by atoms with E-state index in [-0.39, 0.29) is 23.6 Å². The van der Waals surface area contributed by atoms with E-state index in [4.69, 9.17) is 16.3 Å². The zero-order valence-corrected chi connectivity index (χ0v) is 20.4. The van der Waals surface area contributed by atoms with Crippen LogP contribution in [-0.2, 0) is 4.79 Å². The molecular formula is C28H26ClN3O3. The standard InChI is InChI=1S/C28H26ClN3O3/c1-18-4-3-5-23(14-18)32-13-12-31(17-19(32)2)28(34)21-8-11-25-24(16-21)30-27(33)26(35-25)15-20-6-9-22(29)10-7-20/h3-11,14-16,19H,12-13,17H2,1-2H3,(H,30,33)/b26-15-/t19-/m1/s1. The molecule has 178 valence electrons. The second-order valence-electron chi connectivity index (χ2n) is 8.96. The number of amides is 2. The molecule has 6 nitrogen and oxygen atoms in total. The van der Waals surface area contributed by atoms with Crippen molar-refractivity contribution in [1.82, 2.24) is 4.90 Å². The van der Waals surface area contributed by atoms with Crippen LogP contribution in [0.3, 0.4) is 0 Å². The molecule has 3 aromatic carbocycles. The summed E-state index contributed by atoms with van der Waals surface area (Å²) >= 11 is 5.93. The first kappa shape index (κ1) is 23.0. The van der Waals surface area contributed by atoms with Crippen molar-refractivity contribution in [1.29, 1.82) is 0 Å². The molecule has 2 aliphatic heterocycles. The third-order valence-corrected chi connectivity index (χ3v) is 6.59. The lowest BCUT2D eigenvalue weighted by Crippen LogP contribution is -2.53. The van der Waals surface area contributed by atoms with E-state index < -0.39 is 0 Å². The molecule has 35 heavy (non-hydrogen) atoms. The molecule has 1 fully saturated rings. The van der Waals surface area contributed by atoms with Gasteiger partial charge in [0.05, 0.1) is 5.69 Å². The van der Waals surface area contributed by atoms with E-state index in [0.29, 0.717) is 35.1 Å². The Bertz CT molecular complexity index is 1320. The van der Waals surface area contributed by atoms with Crippen molar-refractivity contribution in [3.63, 3.8) is 0 Å². The van der Waals surface area contributed by atoms with Crippen LogP contribution >= 0.6 is 11.6 Å². The number of aryl methyl sites for hydroxylation is 1. The van der Waals surface area contributed by atoms with Crippen LogP contribution in [0.2, 0.25) is 5.02 Å². The number of carbonyl (C=O) groups excluding carboxylic acids is 2. The molecule has 3 aromatic rings. The Hall–Kier alpha value is -3.77. The number of hydrogen-bond donors (Lipinski definition) is 1. The van der Waals surface area contributed by atoms with Gasteiger partial charge in [-0.25, -0.2) is 0 Å². The van der Waals surface area contributed by atoms with Gasteiger partial charge in [-0.15, -0.1) is 0 Å². The minimum atomic E-state index is -0.363. The molecule has 0 bridgehead atoms. The number of halogens is 1. The lowest BCUT2D eigenvalue weighted by Gasteiger charge is -2.41. The van der Waals surface area contributed by atoms with Crippen LogP contribution in [0.25, 0.3) is 6.08 Å². The van der Waals surface area contributed by atoms with E-state index in [0.717, 1.165) is 12.1 Å². The van der Waals surface area contributed by atoms with Gasteiger partial charge < -0.3 is 19.9 Å². The first-order valence-corrected chi connectivity index (χ1v) is 12.0. The summed E-state index contributed by atoms with van der Waals surface area (Å²) in [5.74, 6) is 0.261. The number of nitrogens with zero attached hydrogens (tertiary/aromatic N) is 2. The second-order valence-corrected chi connectivity index (χ2v) is 9.40. The third kappa shape index (κ3) is 4.88. The van der Waals surface area contributed by atoms with Crippen LogP contribution in [0.5, 0.6) is 5.75 Å². The maximum atomic E-state index is 13.3. The number of fused-ring (bicyclic) bond motifs is 1. The second kappa shape index (κ2) is 9.47. The van der Waals surface area contributed by atoms with Crippen LogP contribution in [0.15, 0.2) is 72.5 Å². The summed E-state index contributed by atoms with van der Waals surface area (Å²) in [6, 6.07) is 20.9. The quantitative estimate of drug-likeness (QED) is 0.504. The van der Waals surface area contributed by atoms with Crippen molar-refractivity contribution >= 4 is 40.9 Å². The number of anilines is 2. The molecule has 1 atom stereocenters. The molecule has 0 radical (unpaired) electrons. The predicted octanol–water partition coefficient (Wildman–Crippen LogP) is 5.37. The van der Waals surface area contributed by atoms with Gasteiger partial charge in [0, 0.05) is 41.9 Å². The number of nitrogens with one attached hydrogen (secondary N) is 1. The number of piperazine rings is 1. The number of benzene rings is 3. The average Bonchev–Trinajstić information content (AvgIpc) is 2.85. The Labute approximate surface area is 209 Å². The van der Waals surface area contributed by atoms with Crippen molar-refractivity contribution in [3.8, 4) is 5.75 Å². The molecule has 0 unspecified atom stereocenters. The SMILES string of the molecule is Cc1cccc(N2CCN(C(=O)c3ccc4c(c3)NC(=O)/C(=C/c3ccc(Cl)cc3)O4)C[C@H]2C)c1.